The summed E-state index contributed by atoms with van der Waals surface area (Å²) < 4.78 is 0.941. The van der Waals surface area contributed by atoms with Crippen molar-refractivity contribution < 1.29 is 14.4 Å². The second-order valence-corrected chi connectivity index (χ2v) is 8.89. The van der Waals surface area contributed by atoms with E-state index in [0.29, 0.717) is 32.4 Å². The molecule has 4 rings (SSSR count). The summed E-state index contributed by atoms with van der Waals surface area (Å²) in [5.41, 5.74) is 0.976. The molecule has 3 aliphatic rings. The number of likely N-dealkylation sites (tertiary alicyclic amines) is 1. The third kappa shape index (κ3) is 3.81. The smallest absolute Gasteiger partial charge is 0.324 e. The zero-order valence-electron chi connectivity index (χ0n) is 15.9. The van der Waals surface area contributed by atoms with Crippen LogP contribution in [0.3, 0.4) is 0 Å². The highest BCUT2D eigenvalue weighted by Gasteiger charge is 2.45. The zero-order valence-corrected chi connectivity index (χ0v) is 17.5. The van der Waals surface area contributed by atoms with E-state index < -0.39 is 0 Å². The maximum Gasteiger partial charge on any atom is 0.324 e. The Hall–Kier alpha value is -1.89. The number of urea groups is 1. The van der Waals surface area contributed by atoms with E-state index >= 15 is 0 Å². The summed E-state index contributed by atoms with van der Waals surface area (Å²) >= 11 is 3.49. The van der Waals surface area contributed by atoms with Gasteiger partial charge in [-0.15, -0.1) is 0 Å². The fourth-order valence-corrected chi connectivity index (χ4v) is 5.17. The van der Waals surface area contributed by atoms with Crippen molar-refractivity contribution >= 4 is 33.8 Å². The Labute approximate surface area is 173 Å². The van der Waals surface area contributed by atoms with Crippen LogP contribution in [0.1, 0.15) is 44.1 Å². The van der Waals surface area contributed by atoms with Crippen LogP contribution < -0.4 is 5.32 Å². The summed E-state index contributed by atoms with van der Waals surface area (Å²) in [5, 5.41) is 3.05. The predicted octanol–water partition coefficient (Wildman–Crippen LogP) is 3.09. The first-order valence-corrected chi connectivity index (χ1v) is 11.0. The third-order valence-electron chi connectivity index (χ3n) is 6.33. The predicted molar refractivity (Wildman–Crippen MR) is 109 cm³/mol. The highest BCUT2D eigenvalue weighted by molar-refractivity contribution is 9.10. The average Bonchev–Trinajstić information content (AvgIpc) is 2.70. The van der Waals surface area contributed by atoms with E-state index in [9.17, 15) is 14.4 Å². The first-order valence-electron chi connectivity index (χ1n) is 10.2. The molecule has 3 fully saturated rings. The van der Waals surface area contributed by atoms with Crippen LogP contribution >= 0.6 is 15.9 Å². The van der Waals surface area contributed by atoms with Gasteiger partial charge in [0.25, 0.3) is 0 Å². The molecule has 0 bridgehead atoms. The molecular weight excluding hydrogens is 422 g/mol. The van der Waals surface area contributed by atoms with Crippen molar-refractivity contribution in [1.29, 1.82) is 0 Å². The molecule has 0 spiro atoms. The van der Waals surface area contributed by atoms with Gasteiger partial charge in [0.05, 0.1) is 12.3 Å². The number of hydrogen-bond donors (Lipinski definition) is 1. The number of benzene rings is 1. The van der Waals surface area contributed by atoms with Crippen molar-refractivity contribution in [3.05, 3.63) is 34.3 Å². The summed E-state index contributed by atoms with van der Waals surface area (Å²) in [5.74, 6) is 0.0140. The molecule has 0 radical (unpaired) electrons. The molecule has 0 aromatic heterocycles. The van der Waals surface area contributed by atoms with Crippen molar-refractivity contribution in [3.63, 3.8) is 0 Å². The van der Waals surface area contributed by atoms with Gasteiger partial charge in [0.15, 0.2) is 0 Å². The minimum absolute atomic E-state index is 0.00792. The van der Waals surface area contributed by atoms with Gasteiger partial charge in [0.2, 0.25) is 11.8 Å². The van der Waals surface area contributed by atoms with Crippen LogP contribution in [0.2, 0.25) is 0 Å². The van der Waals surface area contributed by atoms with Gasteiger partial charge in [-0.2, -0.15) is 0 Å². The number of nitrogens with zero attached hydrogens (tertiary/aromatic N) is 2. The summed E-state index contributed by atoms with van der Waals surface area (Å²) in [6, 6.07) is 7.41. The van der Waals surface area contributed by atoms with Crippen LogP contribution in [0.4, 0.5) is 4.79 Å². The number of amides is 4. The van der Waals surface area contributed by atoms with E-state index in [1.165, 1.54) is 4.90 Å². The van der Waals surface area contributed by atoms with Crippen molar-refractivity contribution in [1.82, 2.24) is 15.1 Å². The maximum atomic E-state index is 12.9. The van der Waals surface area contributed by atoms with Crippen LogP contribution in [0.15, 0.2) is 28.7 Å². The number of piperidine rings is 1. The fraction of sp³-hybridized carbons (Fsp3) is 0.571. The standard InChI is InChI=1S/C21H26BrN3O3/c22-17-7-3-1-5-14(17)13-19(26)24-11-9-15(10-12-24)25-20(27)16-6-2-4-8-18(16)23-21(25)28/h1,3,5,7,15-16,18H,2,4,6,8-13H2,(H,23,28). The summed E-state index contributed by atoms with van der Waals surface area (Å²) in [6.07, 6.45) is 5.56. The van der Waals surface area contributed by atoms with Crippen LogP contribution in [-0.2, 0) is 16.0 Å². The molecule has 4 amide bonds. The highest BCUT2D eigenvalue weighted by atomic mass is 79.9. The number of fused-ring (bicyclic) bond motifs is 1. The number of rotatable bonds is 3. The molecule has 2 unspecified atom stereocenters. The molecule has 2 heterocycles. The first kappa shape index (κ1) is 19.4. The Morgan fingerprint density at radius 1 is 1.07 bits per heavy atom. The van der Waals surface area contributed by atoms with E-state index in [4.69, 9.17) is 0 Å². The number of nitrogens with one attached hydrogen (secondary N) is 1. The molecule has 2 saturated heterocycles. The van der Waals surface area contributed by atoms with Gasteiger partial charge in [-0.25, -0.2) is 4.79 Å². The molecule has 1 N–H and O–H groups in total. The van der Waals surface area contributed by atoms with Crippen LogP contribution in [0.25, 0.3) is 0 Å². The Balaban J connectivity index is 1.36. The number of imide groups is 1. The number of carbonyl (C=O) groups is 3. The molecular formula is C21H26BrN3O3. The normalized spacial score (nSPS) is 26.0. The Kier molecular flexibility index (Phi) is 5.71. The van der Waals surface area contributed by atoms with Gasteiger partial charge in [-0.3, -0.25) is 14.5 Å². The third-order valence-corrected chi connectivity index (χ3v) is 7.10. The van der Waals surface area contributed by atoms with Gasteiger partial charge in [0.1, 0.15) is 0 Å². The van der Waals surface area contributed by atoms with Crippen molar-refractivity contribution in [2.24, 2.45) is 5.92 Å². The van der Waals surface area contributed by atoms with Crippen molar-refractivity contribution in [2.75, 3.05) is 13.1 Å². The largest absolute Gasteiger partial charge is 0.342 e. The molecule has 2 atom stereocenters. The molecule has 150 valence electrons. The van der Waals surface area contributed by atoms with E-state index in [1.807, 2.05) is 29.2 Å². The lowest BCUT2D eigenvalue weighted by molar-refractivity contribution is -0.140. The molecule has 2 aliphatic heterocycles. The summed E-state index contributed by atoms with van der Waals surface area (Å²) in [6.45, 7) is 1.16. The van der Waals surface area contributed by atoms with E-state index in [0.717, 1.165) is 35.7 Å². The minimum Gasteiger partial charge on any atom is -0.342 e. The first-order chi connectivity index (χ1) is 13.5. The maximum absolute atomic E-state index is 12.9. The zero-order chi connectivity index (χ0) is 19.7. The van der Waals surface area contributed by atoms with Gasteiger partial charge >= 0.3 is 6.03 Å². The lowest BCUT2D eigenvalue weighted by Crippen LogP contribution is -2.64. The lowest BCUT2D eigenvalue weighted by Gasteiger charge is -2.45. The van der Waals surface area contributed by atoms with Crippen LogP contribution in [0.5, 0.6) is 0 Å². The minimum atomic E-state index is -0.244. The molecule has 1 saturated carbocycles. The highest BCUT2D eigenvalue weighted by Crippen LogP contribution is 2.32. The molecule has 6 nitrogen and oxygen atoms in total. The Morgan fingerprint density at radius 3 is 2.54 bits per heavy atom. The number of carbonyl (C=O) groups excluding carboxylic acids is 3. The summed E-state index contributed by atoms with van der Waals surface area (Å²) in [7, 11) is 0. The Morgan fingerprint density at radius 2 is 1.79 bits per heavy atom. The Bertz CT molecular complexity index is 776. The monoisotopic (exact) mass is 447 g/mol. The topological polar surface area (TPSA) is 69.7 Å². The molecule has 1 aromatic carbocycles. The van der Waals surface area contributed by atoms with Crippen LogP contribution in [0, 0.1) is 5.92 Å². The quantitative estimate of drug-likeness (QED) is 0.773. The second-order valence-electron chi connectivity index (χ2n) is 8.04. The van der Waals surface area contributed by atoms with E-state index in [-0.39, 0.29) is 35.8 Å². The van der Waals surface area contributed by atoms with E-state index in [1.54, 1.807) is 0 Å². The van der Waals surface area contributed by atoms with Gasteiger partial charge in [-0.05, 0) is 37.3 Å². The van der Waals surface area contributed by atoms with Crippen molar-refractivity contribution in [3.8, 4) is 0 Å². The molecule has 1 aromatic rings. The molecule has 28 heavy (non-hydrogen) atoms. The van der Waals surface area contributed by atoms with Gasteiger partial charge < -0.3 is 10.2 Å². The SMILES string of the molecule is O=C(Cc1ccccc1Br)N1CCC(N2C(=O)NC3CCCCC3C2=O)CC1. The van der Waals surface area contributed by atoms with E-state index in [2.05, 4.69) is 21.2 Å². The molecule has 7 heteroatoms. The van der Waals surface area contributed by atoms with Crippen molar-refractivity contribution in [2.45, 2.75) is 57.0 Å². The molecule has 1 aliphatic carbocycles. The van der Waals surface area contributed by atoms with Crippen LogP contribution in [-0.4, -0.2) is 52.8 Å². The average molecular weight is 448 g/mol. The lowest BCUT2D eigenvalue weighted by atomic mass is 9.81. The van der Waals surface area contributed by atoms with Gasteiger partial charge in [-0.1, -0.05) is 47.0 Å². The second kappa shape index (κ2) is 8.23. The number of hydrogen-bond acceptors (Lipinski definition) is 3. The fourth-order valence-electron chi connectivity index (χ4n) is 4.74. The van der Waals surface area contributed by atoms with Gasteiger partial charge in [0, 0.05) is 29.6 Å². The number of halogens is 1. The summed E-state index contributed by atoms with van der Waals surface area (Å²) in [4.78, 5) is 41.5.